The molecule has 1 N–H and O–H groups in total. The summed E-state index contributed by atoms with van der Waals surface area (Å²) in [4.78, 5) is 37.6. The van der Waals surface area contributed by atoms with Crippen LogP contribution in [0.4, 0.5) is 10.6 Å². The van der Waals surface area contributed by atoms with Crippen LogP contribution in [0.5, 0.6) is 17.4 Å². The Hall–Kier alpha value is -5.10. The van der Waals surface area contributed by atoms with E-state index in [1.165, 1.54) is 10.1 Å². The van der Waals surface area contributed by atoms with Crippen LogP contribution >= 0.6 is 11.6 Å². The zero-order valence-corrected chi connectivity index (χ0v) is 29.5. The molecule has 12 nitrogen and oxygen atoms in total. The number of ether oxygens (including phenoxy) is 3. The fourth-order valence-corrected chi connectivity index (χ4v) is 7.23. The number of anilines is 1. The van der Waals surface area contributed by atoms with Crippen molar-refractivity contribution in [3.8, 4) is 17.4 Å². The Kier molecular flexibility index (Phi) is 8.67. The fraction of sp³-hybridized carbons (Fsp3) is 0.378. The summed E-state index contributed by atoms with van der Waals surface area (Å²) >= 11 is 6.36. The molecule has 1 fully saturated rings. The third-order valence-corrected chi connectivity index (χ3v) is 9.89. The number of pyridine rings is 1. The number of rotatable bonds is 7. The van der Waals surface area contributed by atoms with Gasteiger partial charge in [0.2, 0.25) is 0 Å². The van der Waals surface area contributed by atoms with Crippen LogP contribution in [-0.4, -0.2) is 56.2 Å². The predicted molar refractivity (Wildman–Crippen MR) is 190 cm³/mol. The van der Waals surface area contributed by atoms with Gasteiger partial charge in [-0.25, -0.2) is 19.4 Å². The number of methoxy groups -OCH3 is 1. The van der Waals surface area contributed by atoms with Crippen molar-refractivity contribution < 1.29 is 19.0 Å². The molecule has 2 aliphatic rings. The first-order valence-corrected chi connectivity index (χ1v) is 17.0. The van der Waals surface area contributed by atoms with Gasteiger partial charge in [-0.1, -0.05) is 48.0 Å². The summed E-state index contributed by atoms with van der Waals surface area (Å²) in [6.07, 6.45) is 5.47. The monoisotopic (exact) mass is 697 g/mol. The van der Waals surface area contributed by atoms with Gasteiger partial charge in [-0.3, -0.25) is 4.79 Å². The largest absolute Gasteiger partial charge is 0.497 e. The Balaban J connectivity index is 1.18. The molecule has 7 rings (SSSR count). The highest BCUT2D eigenvalue weighted by Gasteiger charge is 2.49. The number of hydrogen-bond donors (Lipinski definition) is 1. The lowest BCUT2D eigenvalue weighted by atomic mass is 9.72. The number of halogens is 1. The fourth-order valence-electron chi connectivity index (χ4n) is 7.00. The predicted octanol–water partition coefficient (Wildman–Crippen LogP) is 6.44. The van der Waals surface area contributed by atoms with Gasteiger partial charge < -0.3 is 29.0 Å². The number of carbonyl (C=O) groups excluding carboxylic acids is 1. The maximum Gasteiger partial charge on any atom is 0.408 e. The number of benzene rings is 2. The summed E-state index contributed by atoms with van der Waals surface area (Å²) in [5.74, 6) is 1.85. The zero-order valence-electron chi connectivity index (χ0n) is 28.8. The Morgan fingerprint density at radius 3 is 2.54 bits per heavy atom. The maximum absolute atomic E-state index is 13.0. The molecule has 1 aliphatic carbocycles. The van der Waals surface area contributed by atoms with Gasteiger partial charge >= 0.3 is 6.09 Å². The van der Waals surface area contributed by atoms with Crippen LogP contribution in [0, 0.1) is 5.41 Å². The van der Waals surface area contributed by atoms with Crippen molar-refractivity contribution in [2.75, 3.05) is 25.1 Å². The second-order valence-electron chi connectivity index (χ2n) is 14.0. The molecule has 2 aromatic carbocycles. The molecule has 13 heteroatoms. The minimum Gasteiger partial charge on any atom is -0.497 e. The van der Waals surface area contributed by atoms with Gasteiger partial charge in [-0.15, -0.1) is 5.10 Å². The van der Waals surface area contributed by atoms with Crippen molar-refractivity contribution in [3.63, 3.8) is 0 Å². The molecular formula is C37H40ClN7O5. The molecule has 1 aliphatic heterocycles. The van der Waals surface area contributed by atoms with Gasteiger partial charge in [-0.05, 0) is 74.9 Å². The van der Waals surface area contributed by atoms with Crippen LogP contribution in [0.15, 0.2) is 71.8 Å². The highest BCUT2D eigenvalue weighted by molar-refractivity contribution is 6.31. The quantitative estimate of drug-likeness (QED) is 0.205. The number of nitrogens with one attached hydrogen (secondary N) is 1. The lowest BCUT2D eigenvalue weighted by Crippen LogP contribution is -2.48. The van der Waals surface area contributed by atoms with Crippen molar-refractivity contribution >= 4 is 34.7 Å². The van der Waals surface area contributed by atoms with E-state index in [9.17, 15) is 9.59 Å². The second-order valence-corrected chi connectivity index (χ2v) is 14.4. The zero-order chi connectivity index (χ0) is 35.2. The van der Waals surface area contributed by atoms with Gasteiger partial charge in [0.05, 0.1) is 25.9 Å². The third kappa shape index (κ3) is 6.47. The number of hydrogen-bond acceptors (Lipinski definition) is 9. The van der Waals surface area contributed by atoms with Crippen molar-refractivity contribution in [1.29, 1.82) is 0 Å². The van der Waals surface area contributed by atoms with Crippen LogP contribution in [0.2, 0.25) is 5.02 Å². The lowest BCUT2D eigenvalue weighted by molar-refractivity contribution is 0.0428. The van der Waals surface area contributed by atoms with Crippen molar-refractivity contribution in [1.82, 2.24) is 29.6 Å². The first kappa shape index (κ1) is 33.4. The van der Waals surface area contributed by atoms with E-state index in [2.05, 4.69) is 28.4 Å². The minimum absolute atomic E-state index is 0.0480. The van der Waals surface area contributed by atoms with Gasteiger partial charge in [0.25, 0.3) is 11.4 Å². The van der Waals surface area contributed by atoms with E-state index >= 15 is 0 Å². The summed E-state index contributed by atoms with van der Waals surface area (Å²) in [5.41, 5.74) is 3.24. The second kappa shape index (κ2) is 13.0. The topological polar surface area (TPSA) is 126 Å². The van der Waals surface area contributed by atoms with E-state index < -0.39 is 11.7 Å². The summed E-state index contributed by atoms with van der Waals surface area (Å²) in [5, 5.41) is 7.93. The van der Waals surface area contributed by atoms with E-state index in [1.54, 1.807) is 37.3 Å². The first-order chi connectivity index (χ1) is 23.9. The standard InChI is InChI=1S/C37H40ClN7O5/c1-36(2,3)50-35(47)41-31-26-9-7-6-8-24(26)20-37(31)15-18-44(19-16-37)28-21-39-30-32(40-28)45(22-23-10-12-25(48-5)13-11-23)42-33(30)49-27-14-17-43(4)34(46)29(27)38/h6-14,17,21,31H,15-16,18-20,22H2,1-5H3,(H,41,47)/t31-/m1/s1. The number of aryl methyl sites for hydroxylation is 1. The molecule has 50 heavy (non-hydrogen) atoms. The number of amides is 1. The smallest absolute Gasteiger partial charge is 0.408 e. The van der Waals surface area contributed by atoms with Crippen molar-refractivity contribution in [3.05, 3.63) is 99.1 Å². The van der Waals surface area contributed by atoms with Crippen molar-refractivity contribution in [2.45, 2.75) is 58.2 Å². The molecule has 5 aromatic rings. The van der Waals surface area contributed by atoms with Crippen LogP contribution < -0.4 is 25.2 Å². The molecule has 1 saturated heterocycles. The molecule has 1 spiro atoms. The summed E-state index contributed by atoms with van der Waals surface area (Å²) < 4.78 is 20.2. The first-order valence-electron chi connectivity index (χ1n) is 16.6. The molecule has 0 bridgehead atoms. The SMILES string of the molecule is COc1ccc(Cn2nc(Oc3ccn(C)c(=O)c3Cl)c3ncc(N4CCC5(CC4)Cc4ccccc4[C@H]5NC(=O)OC(C)(C)C)nc32)cc1. The molecule has 3 aromatic heterocycles. The van der Waals surface area contributed by atoms with Crippen molar-refractivity contribution in [2.24, 2.45) is 12.5 Å². The Morgan fingerprint density at radius 2 is 1.82 bits per heavy atom. The molecule has 1 amide bonds. The Labute approximate surface area is 294 Å². The molecular weight excluding hydrogens is 658 g/mol. The molecule has 1 atom stereocenters. The third-order valence-electron chi connectivity index (χ3n) is 9.54. The lowest BCUT2D eigenvalue weighted by Gasteiger charge is -2.43. The number of aromatic nitrogens is 5. The highest BCUT2D eigenvalue weighted by atomic mass is 35.5. The van der Waals surface area contributed by atoms with E-state index in [0.717, 1.165) is 49.2 Å². The van der Waals surface area contributed by atoms with Gasteiger partial charge in [0.1, 0.15) is 22.2 Å². The minimum atomic E-state index is -0.592. The average Bonchev–Trinajstić information content (AvgIpc) is 3.58. The van der Waals surface area contributed by atoms with E-state index in [0.29, 0.717) is 23.5 Å². The molecule has 4 heterocycles. The Morgan fingerprint density at radius 1 is 1.08 bits per heavy atom. The van der Waals surface area contributed by atoms with Gasteiger partial charge in [0, 0.05) is 31.7 Å². The Bertz CT molecular complexity index is 2110. The van der Waals surface area contributed by atoms with Crippen LogP contribution in [-0.2, 0) is 24.8 Å². The normalized spacial score (nSPS) is 16.8. The van der Waals surface area contributed by atoms with E-state index in [4.69, 9.17) is 40.9 Å². The molecule has 0 saturated carbocycles. The molecule has 0 radical (unpaired) electrons. The summed E-state index contributed by atoms with van der Waals surface area (Å²) in [6.45, 7) is 7.46. The van der Waals surface area contributed by atoms with Crippen LogP contribution in [0.3, 0.4) is 0 Å². The highest BCUT2D eigenvalue weighted by Crippen LogP contribution is 2.52. The van der Waals surface area contributed by atoms with E-state index in [1.807, 2.05) is 51.1 Å². The number of nitrogens with zero attached hydrogens (tertiary/aromatic N) is 6. The number of alkyl carbamates (subject to hydrolysis) is 1. The van der Waals surface area contributed by atoms with Crippen LogP contribution in [0.25, 0.3) is 11.2 Å². The number of carbonyl (C=O) groups is 1. The van der Waals surface area contributed by atoms with Gasteiger partial charge in [-0.2, -0.15) is 0 Å². The van der Waals surface area contributed by atoms with Crippen LogP contribution in [0.1, 0.15) is 56.3 Å². The molecule has 0 unspecified atom stereocenters. The number of piperidine rings is 1. The summed E-state index contributed by atoms with van der Waals surface area (Å²) in [7, 11) is 3.25. The summed E-state index contributed by atoms with van der Waals surface area (Å²) in [6, 6.07) is 17.5. The number of fused-ring (bicyclic) bond motifs is 2. The molecule has 260 valence electrons. The average molecular weight is 698 g/mol. The van der Waals surface area contributed by atoms with E-state index in [-0.39, 0.29) is 33.7 Å². The maximum atomic E-state index is 13.0. The van der Waals surface area contributed by atoms with Gasteiger partial charge in [0.15, 0.2) is 16.9 Å².